The number of hydrogen-bond acceptors (Lipinski definition) is 11. The number of nitrogens with zero attached hydrogens (tertiary/aromatic N) is 7. The van der Waals surface area contributed by atoms with Crippen molar-refractivity contribution in [1.29, 1.82) is 5.26 Å². The minimum atomic E-state index is -0.104. The predicted octanol–water partition coefficient (Wildman–Crippen LogP) is 4.38. The number of pyridine rings is 1. The standard InChI is InChI=1S/C33H34N8O4/c1-43-33-37-18-25(19-38-33)23-8-13-29(35-16-23)41(30(42)14-7-22-5-3-2-4-6-22)27-11-9-26(10-12-27)39-32-36-17-24(15-34)31(40-32)45-28-20-44-21-28/h2-6,8,13,16-19,26-28H,7,9-12,14,20-21H2,1H3,(H,36,39,40). The molecule has 6 rings (SSSR count). The maximum atomic E-state index is 13.8. The van der Waals surface area contributed by atoms with Crippen LogP contribution in [0, 0.1) is 11.3 Å². The van der Waals surface area contributed by atoms with Gasteiger partial charge in [0, 0.05) is 48.2 Å². The number of aromatic nitrogens is 5. The summed E-state index contributed by atoms with van der Waals surface area (Å²) in [4.78, 5) is 37.6. The Labute approximate surface area is 261 Å². The minimum absolute atomic E-state index is 0.00612. The molecule has 1 aliphatic carbocycles. The number of nitriles is 1. The lowest BCUT2D eigenvalue weighted by Gasteiger charge is -2.36. The van der Waals surface area contributed by atoms with E-state index in [4.69, 9.17) is 19.2 Å². The first-order valence-corrected chi connectivity index (χ1v) is 15.1. The van der Waals surface area contributed by atoms with E-state index in [1.807, 2.05) is 47.4 Å². The number of rotatable bonds is 11. The van der Waals surface area contributed by atoms with Gasteiger partial charge in [0.05, 0.1) is 26.5 Å². The summed E-state index contributed by atoms with van der Waals surface area (Å²) in [6.45, 7) is 0.964. The van der Waals surface area contributed by atoms with Crippen molar-refractivity contribution in [3.63, 3.8) is 0 Å². The van der Waals surface area contributed by atoms with Crippen molar-refractivity contribution in [3.8, 4) is 29.1 Å². The van der Waals surface area contributed by atoms with Crippen molar-refractivity contribution in [1.82, 2.24) is 24.9 Å². The summed E-state index contributed by atoms with van der Waals surface area (Å²) in [6.07, 6.45) is 10.7. The lowest BCUT2D eigenvalue weighted by atomic mass is 9.89. The van der Waals surface area contributed by atoms with Gasteiger partial charge in [-0.15, -0.1) is 0 Å². The summed E-state index contributed by atoms with van der Waals surface area (Å²) in [6, 6.07) is 16.4. The van der Waals surface area contributed by atoms with Gasteiger partial charge in [0.25, 0.3) is 0 Å². The van der Waals surface area contributed by atoms with Gasteiger partial charge < -0.3 is 19.5 Å². The number of carbonyl (C=O) groups is 1. The molecule has 0 bridgehead atoms. The molecule has 12 nitrogen and oxygen atoms in total. The molecular formula is C33H34N8O4. The maximum absolute atomic E-state index is 13.8. The molecule has 2 aliphatic rings. The lowest BCUT2D eigenvalue weighted by Crippen LogP contribution is -2.45. The van der Waals surface area contributed by atoms with Gasteiger partial charge in [0.2, 0.25) is 17.7 Å². The second-order valence-electron chi connectivity index (χ2n) is 11.1. The van der Waals surface area contributed by atoms with Crippen molar-refractivity contribution >= 4 is 17.7 Å². The molecule has 1 aromatic carbocycles. The maximum Gasteiger partial charge on any atom is 0.316 e. The third-order valence-corrected chi connectivity index (χ3v) is 8.03. The quantitative estimate of drug-likeness (QED) is 0.259. The molecule has 2 fully saturated rings. The van der Waals surface area contributed by atoms with Crippen molar-refractivity contribution in [3.05, 3.63) is 78.4 Å². The third kappa shape index (κ3) is 7.33. The first kappa shape index (κ1) is 29.9. The molecule has 1 N–H and O–H groups in total. The zero-order valence-corrected chi connectivity index (χ0v) is 25.0. The number of amides is 1. The van der Waals surface area contributed by atoms with Crippen molar-refractivity contribution in [2.75, 3.05) is 30.5 Å². The minimum Gasteiger partial charge on any atom is -0.468 e. The zero-order chi connectivity index (χ0) is 31.0. The number of ether oxygens (including phenoxy) is 3. The SMILES string of the molecule is COc1ncc(-c2ccc(N(C(=O)CCc3ccccc3)C3CCC(Nc4ncc(C#N)c(OC5COC5)n4)CC3)nc2)cn1. The Morgan fingerprint density at radius 2 is 1.73 bits per heavy atom. The summed E-state index contributed by atoms with van der Waals surface area (Å²) >= 11 is 0. The van der Waals surface area contributed by atoms with Gasteiger partial charge in [-0.3, -0.25) is 9.69 Å². The predicted molar refractivity (Wildman–Crippen MR) is 166 cm³/mol. The van der Waals surface area contributed by atoms with Crippen LogP contribution in [0.2, 0.25) is 0 Å². The second-order valence-corrected chi connectivity index (χ2v) is 11.1. The number of anilines is 2. The van der Waals surface area contributed by atoms with Crippen LogP contribution in [0.4, 0.5) is 11.8 Å². The molecule has 4 heterocycles. The van der Waals surface area contributed by atoms with E-state index in [-0.39, 0.29) is 30.0 Å². The molecule has 1 aliphatic heterocycles. The Hall–Kier alpha value is -5.15. The van der Waals surface area contributed by atoms with Crippen molar-refractivity contribution in [2.24, 2.45) is 0 Å². The molecule has 230 valence electrons. The average molecular weight is 607 g/mol. The highest BCUT2D eigenvalue weighted by molar-refractivity contribution is 5.93. The topological polar surface area (TPSA) is 148 Å². The number of benzene rings is 1. The monoisotopic (exact) mass is 606 g/mol. The molecule has 12 heteroatoms. The molecule has 4 aromatic rings. The molecule has 1 amide bonds. The Kier molecular flexibility index (Phi) is 9.36. The van der Waals surface area contributed by atoms with E-state index in [0.29, 0.717) is 49.4 Å². The zero-order valence-electron chi connectivity index (χ0n) is 25.0. The van der Waals surface area contributed by atoms with Gasteiger partial charge in [-0.1, -0.05) is 30.3 Å². The van der Waals surface area contributed by atoms with E-state index in [0.717, 1.165) is 42.4 Å². The first-order chi connectivity index (χ1) is 22.1. The Morgan fingerprint density at radius 1 is 0.978 bits per heavy atom. The van der Waals surface area contributed by atoms with Gasteiger partial charge in [0.15, 0.2) is 0 Å². The average Bonchev–Trinajstić information content (AvgIpc) is 3.07. The summed E-state index contributed by atoms with van der Waals surface area (Å²) in [5, 5.41) is 12.8. The van der Waals surface area contributed by atoms with Gasteiger partial charge in [0.1, 0.15) is 23.6 Å². The lowest BCUT2D eigenvalue weighted by molar-refractivity contribution is -0.119. The van der Waals surface area contributed by atoms with Gasteiger partial charge >= 0.3 is 6.01 Å². The van der Waals surface area contributed by atoms with Gasteiger partial charge in [-0.05, 0) is 49.8 Å². The highest BCUT2D eigenvalue weighted by Crippen LogP contribution is 2.30. The van der Waals surface area contributed by atoms with Crippen LogP contribution in [0.25, 0.3) is 11.1 Å². The summed E-state index contributed by atoms with van der Waals surface area (Å²) in [5.41, 5.74) is 3.07. The van der Waals surface area contributed by atoms with Crippen molar-refractivity contribution < 1.29 is 19.0 Å². The van der Waals surface area contributed by atoms with Crippen LogP contribution < -0.4 is 19.7 Å². The molecule has 3 aromatic heterocycles. The van der Waals surface area contributed by atoms with Crippen molar-refractivity contribution in [2.45, 2.75) is 56.7 Å². The van der Waals surface area contributed by atoms with E-state index in [1.165, 1.54) is 13.3 Å². The fourth-order valence-electron chi connectivity index (χ4n) is 5.51. The van der Waals surface area contributed by atoms with Crippen LogP contribution in [0.3, 0.4) is 0 Å². The number of methoxy groups -OCH3 is 1. The highest BCUT2D eigenvalue weighted by atomic mass is 16.6. The summed E-state index contributed by atoms with van der Waals surface area (Å²) in [5.74, 6) is 1.35. The summed E-state index contributed by atoms with van der Waals surface area (Å²) < 4.78 is 16.1. The molecule has 0 atom stereocenters. The van der Waals surface area contributed by atoms with Crippen LogP contribution in [-0.2, 0) is 16.0 Å². The van der Waals surface area contributed by atoms with Gasteiger partial charge in [-0.25, -0.2) is 19.9 Å². The molecule has 1 saturated heterocycles. The number of hydrogen-bond donors (Lipinski definition) is 1. The molecule has 45 heavy (non-hydrogen) atoms. The van der Waals surface area contributed by atoms with E-state index >= 15 is 0 Å². The molecule has 0 radical (unpaired) electrons. The van der Waals surface area contributed by atoms with Crippen LogP contribution in [-0.4, -0.2) is 69.3 Å². The number of nitrogens with one attached hydrogen (secondary N) is 1. The molecule has 0 spiro atoms. The Morgan fingerprint density at radius 3 is 2.38 bits per heavy atom. The number of aryl methyl sites for hydroxylation is 1. The third-order valence-electron chi connectivity index (χ3n) is 8.03. The van der Waals surface area contributed by atoms with Crippen LogP contribution >= 0.6 is 0 Å². The first-order valence-electron chi connectivity index (χ1n) is 15.1. The molecular weight excluding hydrogens is 572 g/mol. The summed E-state index contributed by atoms with van der Waals surface area (Å²) in [7, 11) is 1.52. The van der Waals surface area contributed by atoms with Crippen LogP contribution in [0.5, 0.6) is 11.9 Å². The molecule has 1 saturated carbocycles. The van der Waals surface area contributed by atoms with Crippen LogP contribution in [0.15, 0.2) is 67.3 Å². The number of carbonyl (C=O) groups excluding carboxylic acids is 1. The Bertz CT molecular complexity index is 1620. The van der Waals surface area contributed by atoms with E-state index < -0.39 is 0 Å². The second kappa shape index (κ2) is 14.1. The van der Waals surface area contributed by atoms with E-state index in [1.54, 1.807) is 18.6 Å². The van der Waals surface area contributed by atoms with Gasteiger partial charge in [-0.2, -0.15) is 10.2 Å². The highest BCUT2D eigenvalue weighted by Gasteiger charge is 2.31. The molecule has 0 unspecified atom stereocenters. The fraction of sp³-hybridized carbons (Fsp3) is 0.364. The van der Waals surface area contributed by atoms with Crippen LogP contribution in [0.1, 0.15) is 43.2 Å². The van der Waals surface area contributed by atoms with E-state index in [9.17, 15) is 10.1 Å². The smallest absolute Gasteiger partial charge is 0.316 e. The normalized spacial score (nSPS) is 17.9. The van der Waals surface area contributed by atoms with E-state index in [2.05, 4.69) is 31.3 Å². The Balaban J connectivity index is 1.15. The largest absolute Gasteiger partial charge is 0.468 e. The fourth-order valence-corrected chi connectivity index (χ4v) is 5.51.